The molecule has 0 amide bonds. The molecular formula is C17H17F2N. The standard InChI is InChI=1S/C17H17F2N/c1-11-6-7-16(19)17(8-11)20-13-9-12(10-13)14-4-2-3-5-15(14)18/h2-8,12-13,20H,9-10H2,1H3. The van der Waals surface area contributed by atoms with Crippen LogP contribution in [0.25, 0.3) is 0 Å². The minimum atomic E-state index is -0.232. The van der Waals surface area contributed by atoms with Gasteiger partial charge in [0.15, 0.2) is 0 Å². The highest BCUT2D eigenvalue weighted by Crippen LogP contribution is 2.39. The summed E-state index contributed by atoms with van der Waals surface area (Å²) in [7, 11) is 0. The molecule has 1 aliphatic rings. The Labute approximate surface area is 117 Å². The van der Waals surface area contributed by atoms with E-state index in [2.05, 4.69) is 5.32 Å². The van der Waals surface area contributed by atoms with Crippen molar-refractivity contribution in [3.63, 3.8) is 0 Å². The average Bonchev–Trinajstić information content (AvgIpc) is 2.38. The van der Waals surface area contributed by atoms with Crippen LogP contribution in [0.1, 0.15) is 29.9 Å². The van der Waals surface area contributed by atoms with Gasteiger partial charge in [-0.2, -0.15) is 0 Å². The van der Waals surface area contributed by atoms with Crippen molar-refractivity contribution in [1.82, 2.24) is 0 Å². The lowest BCUT2D eigenvalue weighted by molar-refractivity contribution is 0.362. The lowest BCUT2D eigenvalue weighted by Gasteiger charge is -2.37. The van der Waals surface area contributed by atoms with Crippen LogP contribution in [0, 0.1) is 18.6 Å². The van der Waals surface area contributed by atoms with E-state index in [4.69, 9.17) is 0 Å². The lowest BCUT2D eigenvalue weighted by Crippen LogP contribution is -2.34. The number of halogens is 2. The predicted octanol–water partition coefficient (Wildman–Crippen LogP) is 4.63. The topological polar surface area (TPSA) is 12.0 Å². The molecular weight excluding hydrogens is 256 g/mol. The molecule has 1 saturated carbocycles. The Morgan fingerprint density at radius 1 is 1.00 bits per heavy atom. The highest BCUT2D eigenvalue weighted by atomic mass is 19.1. The summed E-state index contributed by atoms with van der Waals surface area (Å²) >= 11 is 0. The molecule has 0 saturated heterocycles. The van der Waals surface area contributed by atoms with E-state index in [9.17, 15) is 8.78 Å². The molecule has 20 heavy (non-hydrogen) atoms. The average molecular weight is 273 g/mol. The minimum Gasteiger partial charge on any atom is -0.380 e. The van der Waals surface area contributed by atoms with E-state index in [0.717, 1.165) is 24.0 Å². The maximum atomic E-state index is 13.7. The second kappa shape index (κ2) is 5.23. The molecule has 0 aromatic heterocycles. The minimum absolute atomic E-state index is 0.141. The molecule has 2 aromatic rings. The van der Waals surface area contributed by atoms with Gasteiger partial charge in [0.1, 0.15) is 11.6 Å². The van der Waals surface area contributed by atoms with Gasteiger partial charge in [0.25, 0.3) is 0 Å². The number of benzene rings is 2. The van der Waals surface area contributed by atoms with Crippen molar-refractivity contribution < 1.29 is 8.78 Å². The Bertz CT molecular complexity index is 618. The Hall–Kier alpha value is -1.90. The van der Waals surface area contributed by atoms with E-state index >= 15 is 0 Å². The number of nitrogens with one attached hydrogen (secondary N) is 1. The van der Waals surface area contributed by atoms with Gasteiger partial charge in [0.2, 0.25) is 0 Å². The third-order valence-electron chi connectivity index (χ3n) is 3.96. The zero-order chi connectivity index (χ0) is 14.1. The molecule has 0 aliphatic heterocycles. The van der Waals surface area contributed by atoms with Gasteiger partial charge in [-0.15, -0.1) is 0 Å². The molecule has 0 radical (unpaired) electrons. The summed E-state index contributed by atoms with van der Waals surface area (Å²) in [6.07, 6.45) is 1.68. The van der Waals surface area contributed by atoms with Gasteiger partial charge < -0.3 is 5.32 Å². The highest BCUT2D eigenvalue weighted by Gasteiger charge is 2.32. The van der Waals surface area contributed by atoms with E-state index in [1.807, 2.05) is 25.1 Å². The molecule has 1 N–H and O–H groups in total. The van der Waals surface area contributed by atoms with Crippen LogP contribution in [-0.4, -0.2) is 6.04 Å². The van der Waals surface area contributed by atoms with Crippen molar-refractivity contribution in [2.45, 2.75) is 31.7 Å². The fourth-order valence-corrected chi connectivity index (χ4v) is 2.77. The first-order chi connectivity index (χ1) is 9.63. The summed E-state index contributed by atoms with van der Waals surface area (Å²) in [6, 6.07) is 12.2. The van der Waals surface area contributed by atoms with Gasteiger partial charge in [-0.1, -0.05) is 24.3 Å². The highest BCUT2D eigenvalue weighted by molar-refractivity contribution is 5.48. The third kappa shape index (κ3) is 2.53. The SMILES string of the molecule is Cc1ccc(F)c(NC2CC(c3ccccc3F)C2)c1. The summed E-state index contributed by atoms with van der Waals surface area (Å²) in [5.74, 6) is -0.135. The molecule has 1 fully saturated rings. The maximum Gasteiger partial charge on any atom is 0.146 e. The molecule has 1 nitrogen and oxygen atoms in total. The fourth-order valence-electron chi connectivity index (χ4n) is 2.77. The molecule has 0 unspecified atom stereocenters. The van der Waals surface area contributed by atoms with Crippen molar-refractivity contribution >= 4 is 5.69 Å². The summed E-state index contributed by atoms with van der Waals surface area (Å²) in [5, 5.41) is 3.21. The zero-order valence-electron chi connectivity index (χ0n) is 11.4. The van der Waals surface area contributed by atoms with Gasteiger partial charge in [-0.25, -0.2) is 8.78 Å². The Morgan fingerprint density at radius 2 is 1.75 bits per heavy atom. The number of rotatable bonds is 3. The molecule has 3 heteroatoms. The summed E-state index contributed by atoms with van der Waals surface area (Å²) in [6.45, 7) is 1.94. The number of aryl methyl sites for hydroxylation is 1. The second-order valence-electron chi connectivity index (χ2n) is 5.51. The molecule has 0 bridgehead atoms. The van der Waals surface area contributed by atoms with Crippen LogP contribution >= 0.6 is 0 Å². The van der Waals surface area contributed by atoms with Gasteiger partial charge in [0, 0.05) is 6.04 Å². The van der Waals surface area contributed by atoms with E-state index in [-0.39, 0.29) is 23.6 Å². The third-order valence-corrected chi connectivity index (χ3v) is 3.96. The van der Waals surface area contributed by atoms with Crippen molar-refractivity contribution in [3.8, 4) is 0 Å². The van der Waals surface area contributed by atoms with Gasteiger partial charge >= 0.3 is 0 Å². The van der Waals surface area contributed by atoms with Crippen LogP contribution in [-0.2, 0) is 0 Å². The van der Waals surface area contributed by atoms with Crippen LogP contribution in [0.2, 0.25) is 0 Å². The first kappa shape index (κ1) is 13.1. The maximum absolute atomic E-state index is 13.7. The second-order valence-corrected chi connectivity index (χ2v) is 5.51. The molecule has 104 valence electrons. The van der Waals surface area contributed by atoms with Crippen LogP contribution < -0.4 is 5.32 Å². The molecule has 1 aliphatic carbocycles. The van der Waals surface area contributed by atoms with Crippen molar-refractivity contribution in [2.24, 2.45) is 0 Å². The van der Waals surface area contributed by atoms with Gasteiger partial charge in [-0.3, -0.25) is 0 Å². The van der Waals surface area contributed by atoms with Crippen molar-refractivity contribution in [1.29, 1.82) is 0 Å². The molecule has 2 aromatic carbocycles. The monoisotopic (exact) mass is 273 g/mol. The smallest absolute Gasteiger partial charge is 0.146 e. The van der Waals surface area contributed by atoms with E-state index in [0.29, 0.717) is 5.69 Å². The number of hydrogen-bond donors (Lipinski definition) is 1. The lowest BCUT2D eigenvalue weighted by atomic mass is 9.75. The Morgan fingerprint density at radius 3 is 2.50 bits per heavy atom. The molecule has 0 spiro atoms. The molecule has 0 atom stereocenters. The Kier molecular flexibility index (Phi) is 3.43. The van der Waals surface area contributed by atoms with Crippen LogP contribution in [0.3, 0.4) is 0 Å². The van der Waals surface area contributed by atoms with Crippen LogP contribution in [0.15, 0.2) is 42.5 Å². The normalized spacial score (nSPS) is 21.4. The summed E-state index contributed by atoms with van der Waals surface area (Å²) < 4.78 is 27.3. The van der Waals surface area contributed by atoms with E-state index in [1.165, 1.54) is 12.1 Å². The van der Waals surface area contributed by atoms with Crippen molar-refractivity contribution in [3.05, 3.63) is 65.2 Å². The quantitative estimate of drug-likeness (QED) is 0.859. The van der Waals surface area contributed by atoms with Crippen LogP contribution in [0.5, 0.6) is 0 Å². The summed E-state index contributed by atoms with van der Waals surface area (Å²) in [4.78, 5) is 0. The molecule has 0 heterocycles. The van der Waals surface area contributed by atoms with Gasteiger partial charge in [-0.05, 0) is 55.0 Å². The largest absolute Gasteiger partial charge is 0.380 e. The number of anilines is 1. The summed E-state index contributed by atoms with van der Waals surface area (Å²) in [5.41, 5.74) is 2.34. The molecule has 3 rings (SSSR count). The number of hydrogen-bond acceptors (Lipinski definition) is 1. The fraction of sp³-hybridized carbons (Fsp3) is 0.294. The van der Waals surface area contributed by atoms with E-state index < -0.39 is 0 Å². The zero-order valence-corrected chi connectivity index (χ0v) is 11.4. The van der Waals surface area contributed by atoms with E-state index in [1.54, 1.807) is 12.1 Å². The van der Waals surface area contributed by atoms with Gasteiger partial charge in [0.05, 0.1) is 5.69 Å². The Balaban J connectivity index is 1.64. The first-order valence-corrected chi connectivity index (χ1v) is 6.90. The van der Waals surface area contributed by atoms with Crippen LogP contribution in [0.4, 0.5) is 14.5 Å². The predicted molar refractivity (Wildman–Crippen MR) is 76.9 cm³/mol. The van der Waals surface area contributed by atoms with Crippen molar-refractivity contribution in [2.75, 3.05) is 5.32 Å². The first-order valence-electron chi connectivity index (χ1n) is 6.90.